The molecule has 28 heavy (non-hydrogen) atoms. The van der Waals surface area contributed by atoms with Crippen LogP contribution in [0.3, 0.4) is 0 Å². The van der Waals surface area contributed by atoms with E-state index in [1.54, 1.807) is 22.7 Å². The molecule has 1 aliphatic rings. The number of thiophene rings is 1. The summed E-state index contributed by atoms with van der Waals surface area (Å²) in [4.78, 5) is 21.2. The third-order valence-electron chi connectivity index (χ3n) is 5.18. The van der Waals surface area contributed by atoms with E-state index in [2.05, 4.69) is 41.5 Å². The van der Waals surface area contributed by atoms with Gasteiger partial charge in [-0.2, -0.15) is 0 Å². The Morgan fingerprint density at radius 1 is 1.29 bits per heavy atom. The second-order valence-corrected chi connectivity index (χ2v) is 9.55. The molecule has 0 unspecified atom stereocenters. The van der Waals surface area contributed by atoms with Crippen molar-refractivity contribution in [1.82, 2.24) is 15.2 Å². The Morgan fingerprint density at radius 2 is 2.11 bits per heavy atom. The lowest BCUT2D eigenvalue weighted by molar-refractivity contribution is -0.116. The first kappa shape index (κ1) is 19.5. The van der Waals surface area contributed by atoms with Gasteiger partial charge in [0.15, 0.2) is 0 Å². The zero-order chi connectivity index (χ0) is 19.7. The minimum absolute atomic E-state index is 0.0519. The maximum absolute atomic E-state index is 12.4. The molecular weight excluding hydrogens is 388 g/mol. The van der Waals surface area contributed by atoms with Crippen LogP contribution in [0.2, 0.25) is 0 Å². The predicted molar refractivity (Wildman–Crippen MR) is 119 cm³/mol. The van der Waals surface area contributed by atoms with Crippen LogP contribution in [-0.4, -0.2) is 42.0 Å². The molecule has 4 rings (SSSR count). The van der Waals surface area contributed by atoms with Gasteiger partial charge in [0.1, 0.15) is 10.0 Å². The van der Waals surface area contributed by atoms with E-state index in [0.29, 0.717) is 19.0 Å². The van der Waals surface area contributed by atoms with Crippen molar-refractivity contribution in [2.45, 2.75) is 39.3 Å². The molecule has 7 heteroatoms. The number of amides is 1. The van der Waals surface area contributed by atoms with Crippen molar-refractivity contribution >= 4 is 43.8 Å². The summed E-state index contributed by atoms with van der Waals surface area (Å²) < 4.78 is 1.18. The molecule has 2 N–H and O–H groups in total. The summed E-state index contributed by atoms with van der Waals surface area (Å²) >= 11 is 3.43. The Labute approximate surface area is 173 Å². The fraction of sp³-hybridized carbons (Fsp3) is 0.429. The van der Waals surface area contributed by atoms with E-state index in [1.807, 2.05) is 19.2 Å². The van der Waals surface area contributed by atoms with Gasteiger partial charge in [0.2, 0.25) is 5.91 Å². The Balaban J connectivity index is 1.75. The summed E-state index contributed by atoms with van der Waals surface area (Å²) in [5.74, 6) is 0.0519. The molecule has 3 heterocycles. The van der Waals surface area contributed by atoms with Gasteiger partial charge in [-0.05, 0) is 45.0 Å². The van der Waals surface area contributed by atoms with Crippen molar-refractivity contribution in [2.24, 2.45) is 0 Å². The number of para-hydroxylation sites is 1. The molecule has 0 saturated heterocycles. The van der Waals surface area contributed by atoms with Gasteiger partial charge in [-0.25, -0.2) is 4.98 Å². The average molecular weight is 415 g/mol. The quantitative estimate of drug-likeness (QED) is 0.630. The molecule has 5 nitrogen and oxygen atoms in total. The van der Waals surface area contributed by atoms with Gasteiger partial charge in [-0.1, -0.05) is 12.1 Å². The summed E-state index contributed by atoms with van der Waals surface area (Å²) in [6, 6.07) is 8.76. The average Bonchev–Trinajstić information content (AvgIpc) is 3.25. The van der Waals surface area contributed by atoms with Crippen molar-refractivity contribution in [3.8, 4) is 10.6 Å². The molecule has 1 aromatic carbocycles. The van der Waals surface area contributed by atoms with Crippen LogP contribution < -0.4 is 10.6 Å². The minimum Gasteiger partial charge on any atom is -0.319 e. The number of nitrogens with zero attached hydrogens (tertiary/aromatic N) is 2. The van der Waals surface area contributed by atoms with Gasteiger partial charge < -0.3 is 10.6 Å². The molecule has 3 aromatic rings. The maximum atomic E-state index is 12.4. The van der Waals surface area contributed by atoms with E-state index in [1.165, 1.54) is 15.1 Å². The van der Waals surface area contributed by atoms with Crippen molar-refractivity contribution < 1.29 is 4.79 Å². The van der Waals surface area contributed by atoms with Crippen LogP contribution in [0.25, 0.3) is 20.8 Å². The third kappa shape index (κ3) is 3.85. The highest BCUT2D eigenvalue weighted by Crippen LogP contribution is 2.45. The smallest absolute Gasteiger partial charge is 0.226 e. The lowest BCUT2D eigenvalue weighted by atomic mass is 10.0. The van der Waals surface area contributed by atoms with E-state index in [4.69, 9.17) is 4.98 Å². The largest absolute Gasteiger partial charge is 0.319 e. The lowest BCUT2D eigenvalue weighted by Gasteiger charge is -2.30. The molecule has 0 saturated carbocycles. The van der Waals surface area contributed by atoms with E-state index in [0.717, 1.165) is 40.6 Å². The van der Waals surface area contributed by atoms with Gasteiger partial charge in [-0.3, -0.25) is 9.69 Å². The first-order valence-electron chi connectivity index (χ1n) is 9.75. The van der Waals surface area contributed by atoms with Crippen LogP contribution in [-0.2, 0) is 17.8 Å². The van der Waals surface area contributed by atoms with Crippen molar-refractivity contribution in [3.05, 3.63) is 34.7 Å². The summed E-state index contributed by atoms with van der Waals surface area (Å²) in [5.41, 5.74) is 3.53. The topological polar surface area (TPSA) is 57.3 Å². The molecule has 0 fully saturated rings. The number of rotatable bonds is 6. The number of aromatic nitrogens is 1. The lowest BCUT2D eigenvalue weighted by Crippen LogP contribution is -2.35. The fourth-order valence-corrected chi connectivity index (χ4v) is 5.99. The number of hydrogen-bond acceptors (Lipinski definition) is 6. The molecular formula is C21H26N4OS2. The Bertz CT molecular complexity index is 959. The van der Waals surface area contributed by atoms with Gasteiger partial charge in [0.05, 0.1) is 10.2 Å². The van der Waals surface area contributed by atoms with Gasteiger partial charge >= 0.3 is 0 Å². The number of nitrogens with one attached hydrogen (secondary N) is 2. The summed E-state index contributed by atoms with van der Waals surface area (Å²) in [6.07, 6.45) is 1.47. The fourth-order valence-electron chi connectivity index (χ4n) is 3.59. The number of hydrogen-bond donors (Lipinski definition) is 2. The van der Waals surface area contributed by atoms with E-state index in [-0.39, 0.29) is 5.91 Å². The highest BCUT2D eigenvalue weighted by Gasteiger charge is 2.28. The summed E-state index contributed by atoms with van der Waals surface area (Å²) in [5, 5.41) is 8.19. The van der Waals surface area contributed by atoms with Crippen LogP contribution in [0.4, 0.5) is 5.00 Å². The molecule has 0 atom stereocenters. The predicted octanol–water partition coefficient (Wildman–Crippen LogP) is 4.34. The highest BCUT2D eigenvalue weighted by atomic mass is 32.1. The van der Waals surface area contributed by atoms with E-state index in [9.17, 15) is 4.79 Å². The highest BCUT2D eigenvalue weighted by molar-refractivity contribution is 7.22. The first-order valence-corrected chi connectivity index (χ1v) is 11.4. The molecule has 0 aliphatic carbocycles. The summed E-state index contributed by atoms with van der Waals surface area (Å²) in [6.45, 7) is 7.16. The second-order valence-electron chi connectivity index (χ2n) is 7.41. The molecule has 2 aromatic heterocycles. The number of benzene rings is 1. The van der Waals surface area contributed by atoms with Crippen molar-refractivity contribution in [3.63, 3.8) is 0 Å². The van der Waals surface area contributed by atoms with Crippen molar-refractivity contribution in [1.29, 1.82) is 0 Å². The Hall–Kier alpha value is -1.80. The number of fused-ring (bicyclic) bond motifs is 2. The van der Waals surface area contributed by atoms with Crippen LogP contribution >= 0.6 is 22.7 Å². The van der Waals surface area contributed by atoms with Gasteiger partial charge in [0, 0.05) is 42.5 Å². The van der Waals surface area contributed by atoms with Crippen LogP contribution in [0.5, 0.6) is 0 Å². The maximum Gasteiger partial charge on any atom is 0.226 e. The number of carbonyl (C=O) groups is 1. The molecule has 0 spiro atoms. The number of carbonyl (C=O) groups excluding carboxylic acids is 1. The first-order chi connectivity index (χ1) is 13.6. The molecule has 1 amide bonds. The zero-order valence-electron chi connectivity index (χ0n) is 16.5. The number of thiazole rings is 1. The molecule has 1 aliphatic heterocycles. The monoisotopic (exact) mass is 414 g/mol. The molecule has 148 valence electrons. The van der Waals surface area contributed by atoms with Gasteiger partial charge in [-0.15, -0.1) is 22.7 Å². The normalized spacial score (nSPS) is 14.6. The molecule has 0 bridgehead atoms. The zero-order valence-corrected chi connectivity index (χ0v) is 18.2. The number of anilines is 1. The Morgan fingerprint density at radius 3 is 2.86 bits per heavy atom. The Kier molecular flexibility index (Phi) is 5.78. The van der Waals surface area contributed by atoms with Crippen LogP contribution in [0, 0.1) is 0 Å². The van der Waals surface area contributed by atoms with E-state index >= 15 is 0 Å². The van der Waals surface area contributed by atoms with Gasteiger partial charge in [0.25, 0.3) is 0 Å². The third-order valence-corrected chi connectivity index (χ3v) is 7.37. The van der Waals surface area contributed by atoms with Crippen LogP contribution in [0.1, 0.15) is 30.7 Å². The summed E-state index contributed by atoms with van der Waals surface area (Å²) in [7, 11) is 1.87. The van der Waals surface area contributed by atoms with Crippen LogP contribution in [0.15, 0.2) is 24.3 Å². The standard InChI is InChI=1S/C21H26N4OS2/c1-13(2)25-11-9-14-17(12-25)28-21(24-18(26)8-10-22-3)19(14)20-23-15-6-4-5-7-16(15)27-20/h4-7,13,22H,8-12H2,1-3H3,(H,24,26). The minimum atomic E-state index is 0.0519. The second kappa shape index (κ2) is 8.29. The molecule has 0 radical (unpaired) electrons. The van der Waals surface area contributed by atoms with E-state index < -0.39 is 0 Å². The van der Waals surface area contributed by atoms with Crippen molar-refractivity contribution in [2.75, 3.05) is 25.5 Å². The SMILES string of the molecule is CNCCC(=O)Nc1sc2c(c1-c1nc3ccccc3s1)CCN(C(C)C)C2.